The number of benzene rings is 3. The molecule has 2 N–H and O–H groups in total. The van der Waals surface area contributed by atoms with Crippen LogP contribution >= 0.6 is 0 Å². The van der Waals surface area contributed by atoms with E-state index in [-0.39, 0.29) is 11.9 Å². The topological polar surface area (TPSA) is 61.4 Å². The average molecular weight is 385 g/mol. The fourth-order valence-corrected chi connectivity index (χ4v) is 3.58. The zero-order valence-electron chi connectivity index (χ0n) is 16.0. The fourth-order valence-electron chi connectivity index (χ4n) is 3.58. The van der Waals surface area contributed by atoms with Crippen LogP contribution in [0.4, 0.5) is 16.2 Å². The molecule has 5 heteroatoms. The number of hydrogen-bond donors (Lipinski definition) is 2. The summed E-state index contributed by atoms with van der Waals surface area (Å²) < 4.78 is 0. The summed E-state index contributed by atoms with van der Waals surface area (Å²) in [5, 5.41) is 5.58. The number of anilines is 2. The molecule has 0 saturated carbocycles. The van der Waals surface area contributed by atoms with Gasteiger partial charge in [0.05, 0.1) is 0 Å². The van der Waals surface area contributed by atoms with Crippen molar-refractivity contribution in [3.05, 3.63) is 84.9 Å². The molecule has 0 aliphatic carbocycles. The third-order valence-electron chi connectivity index (χ3n) is 5.06. The molecule has 3 aromatic carbocycles. The molecular weight excluding hydrogens is 362 g/mol. The van der Waals surface area contributed by atoms with E-state index in [1.807, 2.05) is 72.8 Å². The number of nitrogens with zero attached hydrogens (tertiary/aromatic N) is 1. The van der Waals surface area contributed by atoms with Crippen molar-refractivity contribution in [2.24, 2.45) is 0 Å². The number of hydrogen-bond acceptors (Lipinski definition) is 2. The Balaban J connectivity index is 1.42. The second kappa shape index (κ2) is 8.61. The van der Waals surface area contributed by atoms with Crippen molar-refractivity contribution < 1.29 is 9.59 Å². The van der Waals surface area contributed by atoms with E-state index in [1.165, 1.54) is 0 Å². The van der Waals surface area contributed by atoms with Crippen molar-refractivity contribution >= 4 is 23.3 Å². The first-order valence-corrected chi connectivity index (χ1v) is 9.80. The molecule has 0 radical (unpaired) electrons. The Labute approximate surface area is 170 Å². The summed E-state index contributed by atoms with van der Waals surface area (Å²) in [5.74, 6) is -0.0769. The molecule has 1 heterocycles. The van der Waals surface area contributed by atoms with Crippen LogP contribution < -0.4 is 15.5 Å². The lowest BCUT2D eigenvalue weighted by atomic mass is 10.0. The predicted molar refractivity (Wildman–Crippen MR) is 116 cm³/mol. The van der Waals surface area contributed by atoms with Crippen molar-refractivity contribution in [3.63, 3.8) is 0 Å². The molecule has 29 heavy (non-hydrogen) atoms. The van der Waals surface area contributed by atoms with Crippen LogP contribution in [0.3, 0.4) is 0 Å². The Hall–Kier alpha value is -3.60. The van der Waals surface area contributed by atoms with Crippen LogP contribution in [0.2, 0.25) is 0 Å². The molecule has 1 atom stereocenters. The Kier molecular flexibility index (Phi) is 5.56. The smallest absolute Gasteiger partial charge is 0.319 e. The zero-order chi connectivity index (χ0) is 20.1. The molecule has 0 aromatic heterocycles. The van der Waals surface area contributed by atoms with Crippen LogP contribution in [-0.4, -0.2) is 24.5 Å². The van der Waals surface area contributed by atoms with E-state index in [9.17, 15) is 9.59 Å². The van der Waals surface area contributed by atoms with Crippen LogP contribution in [0, 0.1) is 0 Å². The van der Waals surface area contributed by atoms with Gasteiger partial charge in [0.1, 0.15) is 6.04 Å². The Morgan fingerprint density at radius 2 is 1.45 bits per heavy atom. The predicted octanol–water partition coefficient (Wildman–Crippen LogP) is 4.67. The minimum absolute atomic E-state index is 0.0769. The monoisotopic (exact) mass is 385 g/mol. The van der Waals surface area contributed by atoms with Gasteiger partial charge in [-0.05, 0) is 48.2 Å². The van der Waals surface area contributed by atoms with Crippen molar-refractivity contribution in [2.45, 2.75) is 18.9 Å². The standard InChI is InChI=1S/C24H23N3O2/c28-23-22(26-24(29)25-20-10-5-2-6-11-20)12-7-17-27(23)21-15-13-19(14-16-21)18-8-3-1-4-9-18/h1-6,8-11,13-16,22H,7,12,17H2,(H2,25,26,29). The van der Waals surface area contributed by atoms with Gasteiger partial charge in [-0.3, -0.25) is 4.79 Å². The maximum Gasteiger partial charge on any atom is 0.319 e. The summed E-state index contributed by atoms with van der Waals surface area (Å²) in [6, 6.07) is 26.4. The molecule has 3 amide bonds. The first-order chi connectivity index (χ1) is 14.2. The fraction of sp³-hybridized carbons (Fsp3) is 0.167. The maximum atomic E-state index is 13.0. The van der Waals surface area contributed by atoms with Gasteiger partial charge in [0.2, 0.25) is 5.91 Å². The van der Waals surface area contributed by atoms with Crippen LogP contribution in [0.15, 0.2) is 84.9 Å². The highest BCUT2D eigenvalue weighted by molar-refractivity contribution is 6.01. The third kappa shape index (κ3) is 4.46. The van der Waals surface area contributed by atoms with Crippen molar-refractivity contribution in [1.82, 2.24) is 5.32 Å². The minimum atomic E-state index is -0.527. The second-order valence-corrected chi connectivity index (χ2v) is 7.06. The quantitative estimate of drug-likeness (QED) is 0.686. The number of amides is 3. The van der Waals surface area contributed by atoms with Crippen molar-refractivity contribution in [2.75, 3.05) is 16.8 Å². The highest BCUT2D eigenvalue weighted by Gasteiger charge is 2.30. The molecule has 3 aromatic rings. The average Bonchev–Trinajstić information content (AvgIpc) is 2.77. The number of carbonyl (C=O) groups excluding carboxylic acids is 2. The molecule has 4 rings (SSSR count). The van der Waals surface area contributed by atoms with Crippen LogP contribution in [0.1, 0.15) is 12.8 Å². The summed E-state index contributed by atoms with van der Waals surface area (Å²) in [5.41, 5.74) is 3.79. The van der Waals surface area contributed by atoms with E-state index in [4.69, 9.17) is 0 Å². The van der Waals surface area contributed by atoms with E-state index >= 15 is 0 Å². The van der Waals surface area contributed by atoms with E-state index in [0.29, 0.717) is 18.7 Å². The molecule has 1 fully saturated rings. The van der Waals surface area contributed by atoms with Gasteiger partial charge in [-0.25, -0.2) is 4.79 Å². The lowest BCUT2D eigenvalue weighted by molar-refractivity contribution is -0.121. The third-order valence-corrected chi connectivity index (χ3v) is 5.06. The number of para-hydroxylation sites is 1. The van der Waals surface area contributed by atoms with Crippen LogP contribution in [0.5, 0.6) is 0 Å². The van der Waals surface area contributed by atoms with E-state index in [1.54, 1.807) is 4.90 Å². The summed E-state index contributed by atoms with van der Waals surface area (Å²) in [6.07, 6.45) is 1.47. The van der Waals surface area contributed by atoms with Crippen molar-refractivity contribution in [1.29, 1.82) is 0 Å². The SMILES string of the molecule is O=C(Nc1ccccc1)NC1CCCN(c2ccc(-c3ccccc3)cc2)C1=O. The molecule has 1 aliphatic rings. The highest BCUT2D eigenvalue weighted by atomic mass is 16.2. The summed E-state index contributed by atoms with van der Waals surface area (Å²) in [4.78, 5) is 27.0. The van der Waals surface area contributed by atoms with E-state index in [0.717, 1.165) is 23.2 Å². The Morgan fingerprint density at radius 1 is 0.828 bits per heavy atom. The summed E-state index contributed by atoms with van der Waals surface area (Å²) >= 11 is 0. The number of carbonyl (C=O) groups is 2. The van der Waals surface area contributed by atoms with Crippen LogP contribution in [0.25, 0.3) is 11.1 Å². The second-order valence-electron chi connectivity index (χ2n) is 7.06. The van der Waals surface area contributed by atoms with Gasteiger partial charge in [-0.15, -0.1) is 0 Å². The molecule has 1 aliphatic heterocycles. The lowest BCUT2D eigenvalue weighted by Gasteiger charge is -2.32. The highest BCUT2D eigenvalue weighted by Crippen LogP contribution is 2.25. The lowest BCUT2D eigenvalue weighted by Crippen LogP contribution is -2.53. The van der Waals surface area contributed by atoms with Gasteiger partial charge < -0.3 is 15.5 Å². The van der Waals surface area contributed by atoms with Gasteiger partial charge in [0.25, 0.3) is 0 Å². The first-order valence-electron chi connectivity index (χ1n) is 9.80. The molecule has 0 bridgehead atoms. The summed E-state index contributed by atoms with van der Waals surface area (Å²) in [6.45, 7) is 0.655. The number of nitrogens with one attached hydrogen (secondary N) is 2. The van der Waals surface area contributed by atoms with Crippen LogP contribution in [-0.2, 0) is 4.79 Å². The van der Waals surface area contributed by atoms with Gasteiger partial charge in [-0.2, -0.15) is 0 Å². The van der Waals surface area contributed by atoms with E-state index < -0.39 is 6.04 Å². The molecule has 0 spiro atoms. The molecular formula is C24H23N3O2. The van der Waals surface area contributed by atoms with Gasteiger partial charge in [-0.1, -0.05) is 60.7 Å². The van der Waals surface area contributed by atoms with E-state index in [2.05, 4.69) is 22.8 Å². The largest absolute Gasteiger partial charge is 0.326 e. The molecule has 146 valence electrons. The van der Waals surface area contributed by atoms with Gasteiger partial charge >= 0.3 is 6.03 Å². The summed E-state index contributed by atoms with van der Waals surface area (Å²) in [7, 11) is 0. The van der Waals surface area contributed by atoms with Gasteiger partial charge in [0, 0.05) is 17.9 Å². The van der Waals surface area contributed by atoms with Crippen molar-refractivity contribution in [3.8, 4) is 11.1 Å². The number of piperidine rings is 1. The normalized spacial score (nSPS) is 16.3. The molecule has 1 saturated heterocycles. The molecule has 5 nitrogen and oxygen atoms in total. The number of urea groups is 1. The minimum Gasteiger partial charge on any atom is -0.326 e. The Morgan fingerprint density at radius 3 is 2.14 bits per heavy atom. The maximum absolute atomic E-state index is 13.0. The first kappa shape index (κ1) is 18.7. The van der Waals surface area contributed by atoms with Gasteiger partial charge in [0.15, 0.2) is 0 Å². The zero-order valence-corrected chi connectivity index (χ0v) is 16.0. The Bertz CT molecular complexity index is 972. The number of rotatable bonds is 4. The molecule has 1 unspecified atom stereocenters.